The van der Waals surface area contributed by atoms with Gasteiger partial charge in [0.05, 0.1) is 21.3 Å². The topological polar surface area (TPSA) is 27.7 Å². The van der Waals surface area contributed by atoms with Crippen LogP contribution in [0.15, 0.2) is 36.4 Å². The number of hydrogen-bond acceptors (Lipinski definition) is 3. The summed E-state index contributed by atoms with van der Waals surface area (Å²) in [4.78, 5) is 0. The smallest absolute Gasteiger partial charge is 0.203 e. The van der Waals surface area contributed by atoms with Gasteiger partial charge in [0.2, 0.25) is 5.75 Å². The molecule has 0 bridgehead atoms. The van der Waals surface area contributed by atoms with Crippen molar-refractivity contribution >= 4 is 0 Å². The Morgan fingerprint density at radius 2 is 1.32 bits per heavy atom. The van der Waals surface area contributed by atoms with Gasteiger partial charge in [-0.05, 0) is 34.2 Å². The van der Waals surface area contributed by atoms with Crippen LogP contribution in [0.2, 0.25) is 0 Å². The Morgan fingerprint density at radius 1 is 0.727 bits per heavy atom. The average molecular weight is 300 g/mol. The Bertz CT molecular complexity index is 629. The molecule has 2 aromatic rings. The highest BCUT2D eigenvalue weighted by atomic mass is 16.5. The summed E-state index contributed by atoms with van der Waals surface area (Å²) in [5.74, 6) is 1.94. The summed E-state index contributed by atoms with van der Waals surface area (Å²) in [6, 6.07) is 12.5. The van der Waals surface area contributed by atoms with Gasteiger partial charge in [-0.3, -0.25) is 0 Å². The zero-order valence-electron chi connectivity index (χ0n) is 14.2. The second kappa shape index (κ2) is 6.30. The van der Waals surface area contributed by atoms with Gasteiger partial charge in [0, 0.05) is 0 Å². The zero-order chi connectivity index (χ0) is 16.3. The van der Waals surface area contributed by atoms with Crippen molar-refractivity contribution in [1.82, 2.24) is 0 Å². The van der Waals surface area contributed by atoms with E-state index in [9.17, 15) is 0 Å². The fourth-order valence-electron chi connectivity index (χ4n) is 2.41. The predicted octanol–water partition coefficient (Wildman–Crippen LogP) is 4.68. The molecule has 0 atom stereocenters. The molecule has 0 unspecified atom stereocenters. The number of methoxy groups -OCH3 is 3. The maximum Gasteiger partial charge on any atom is 0.203 e. The third-order valence-corrected chi connectivity index (χ3v) is 3.73. The van der Waals surface area contributed by atoms with Crippen molar-refractivity contribution in [3.63, 3.8) is 0 Å². The molecule has 0 fully saturated rings. The summed E-state index contributed by atoms with van der Waals surface area (Å²) >= 11 is 0. The maximum absolute atomic E-state index is 5.43. The monoisotopic (exact) mass is 300 g/mol. The average Bonchev–Trinajstić information content (AvgIpc) is 2.52. The zero-order valence-corrected chi connectivity index (χ0v) is 14.2. The summed E-state index contributed by atoms with van der Waals surface area (Å²) in [6.07, 6.45) is 0. The second-order valence-corrected chi connectivity index (χ2v) is 6.24. The fraction of sp³-hybridized carbons (Fsp3) is 0.368. The minimum atomic E-state index is 0.108. The van der Waals surface area contributed by atoms with Gasteiger partial charge in [0.25, 0.3) is 0 Å². The van der Waals surface area contributed by atoms with E-state index in [1.54, 1.807) is 21.3 Å². The molecule has 0 heterocycles. The fourth-order valence-corrected chi connectivity index (χ4v) is 2.41. The van der Waals surface area contributed by atoms with E-state index in [0.717, 1.165) is 11.1 Å². The largest absolute Gasteiger partial charge is 0.493 e. The van der Waals surface area contributed by atoms with E-state index in [2.05, 4.69) is 45.0 Å². The van der Waals surface area contributed by atoms with Crippen molar-refractivity contribution in [3.05, 3.63) is 42.0 Å². The van der Waals surface area contributed by atoms with E-state index in [0.29, 0.717) is 17.2 Å². The van der Waals surface area contributed by atoms with Crippen molar-refractivity contribution in [3.8, 4) is 28.4 Å². The lowest BCUT2D eigenvalue weighted by Gasteiger charge is -2.20. The lowest BCUT2D eigenvalue weighted by Crippen LogP contribution is -2.10. The Morgan fingerprint density at radius 3 is 1.77 bits per heavy atom. The molecule has 0 radical (unpaired) electrons. The van der Waals surface area contributed by atoms with Crippen molar-refractivity contribution < 1.29 is 14.2 Å². The molecule has 0 amide bonds. The van der Waals surface area contributed by atoms with E-state index in [1.165, 1.54) is 5.56 Å². The van der Waals surface area contributed by atoms with Crippen LogP contribution < -0.4 is 14.2 Å². The van der Waals surface area contributed by atoms with Crippen LogP contribution in [0.4, 0.5) is 0 Å². The highest BCUT2D eigenvalue weighted by Crippen LogP contribution is 2.41. The molecular weight excluding hydrogens is 276 g/mol. The summed E-state index contributed by atoms with van der Waals surface area (Å²) in [5.41, 5.74) is 3.57. The van der Waals surface area contributed by atoms with Crippen LogP contribution in [0.5, 0.6) is 17.2 Å². The molecule has 2 aromatic carbocycles. The van der Waals surface area contributed by atoms with Crippen LogP contribution in [-0.2, 0) is 5.41 Å². The molecule has 3 heteroatoms. The van der Waals surface area contributed by atoms with Gasteiger partial charge >= 0.3 is 0 Å². The van der Waals surface area contributed by atoms with E-state index in [-0.39, 0.29) is 5.41 Å². The Hall–Kier alpha value is -2.16. The van der Waals surface area contributed by atoms with Crippen LogP contribution in [0, 0.1) is 0 Å². The maximum atomic E-state index is 5.43. The Balaban J connectivity index is 2.58. The second-order valence-electron chi connectivity index (χ2n) is 6.24. The first kappa shape index (κ1) is 16.2. The first-order chi connectivity index (χ1) is 10.4. The molecule has 0 aliphatic heterocycles. The Kier molecular flexibility index (Phi) is 4.65. The van der Waals surface area contributed by atoms with Crippen LogP contribution in [-0.4, -0.2) is 21.3 Å². The molecule has 0 aromatic heterocycles. The van der Waals surface area contributed by atoms with Gasteiger partial charge in [-0.25, -0.2) is 0 Å². The molecule has 2 rings (SSSR count). The van der Waals surface area contributed by atoms with Crippen LogP contribution in [0.25, 0.3) is 11.1 Å². The third-order valence-electron chi connectivity index (χ3n) is 3.73. The van der Waals surface area contributed by atoms with Gasteiger partial charge in [0.15, 0.2) is 11.5 Å². The van der Waals surface area contributed by atoms with E-state index >= 15 is 0 Å². The predicted molar refractivity (Wildman–Crippen MR) is 90.2 cm³/mol. The molecule has 0 N–H and O–H groups in total. The lowest BCUT2D eigenvalue weighted by atomic mass is 9.85. The number of benzene rings is 2. The van der Waals surface area contributed by atoms with Gasteiger partial charge in [0.1, 0.15) is 0 Å². The van der Waals surface area contributed by atoms with E-state index in [4.69, 9.17) is 14.2 Å². The molecule has 0 saturated carbocycles. The van der Waals surface area contributed by atoms with Gasteiger partial charge in [-0.15, -0.1) is 0 Å². The minimum Gasteiger partial charge on any atom is -0.493 e. The van der Waals surface area contributed by atoms with Crippen LogP contribution >= 0.6 is 0 Å². The highest BCUT2D eigenvalue weighted by Gasteiger charge is 2.17. The molecular formula is C19H24O3. The van der Waals surface area contributed by atoms with Crippen molar-refractivity contribution in [2.45, 2.75) is 26.2 Å². The molecule has 118 valence electrons. The molecule has 0 spiro atoms. The molecule has 0 aliphatic carbocycles. The molecule has 3 nitrogen and oxygen atoms in total. The first-order valence-electron chi connectivity index (χ1n) is 7.31. The quantitative estimate of drug-likeness (QED) is 0.820. The summed E-state index contributed by atoms with van der Waals surface area (Å²) in [7, 11) is 4.87. The van der Waals surface area contributed by atoms with E-state index in [1.807, 2.05) is 12.1 Å². The number of hydrogen-bond donors (Lipinski definition) is 0. The van der Waals surface area contributed by atoms with Gasteiger partial charge in [-0.1, -0.05) is 45.0 Å². The summed E-state index contributed by atoms with van der Waals surface area (Å²) in [5, 5.41) is 0. The van der Waals surface area contributed by atoms with Gasteiger partial charge < -0.3 is 14.2 Å². The van der Waals surface area contributed by atoms with Crippen LogP contribution in [0.1, 0.15) is 26.3 Å². The standard InChI is InChI=1S/C19H24O3/c1-19(2,3)15-9-7-8-13(10-15)14-11-16(20-4)18(22-6)17(12-14)21-5/h7-12H,1-6H3. The van der Waals surface area contributed by atoms with Crippen molar-refractivity contribution in [1.29, 1.82) is 0 Å². The first-order valence-corrected chi connectivity index (χ1v) is 7.31. The SMILES string of the molecule is COc1cc(-c2cccc(C(C)(C)C)c2)cc(OC)c1OC. The highest BCUT2D eigenvalue weighted by molar-refractivity contribution is 5.71. The van der Waals surface area contributed by atoms with Crippen molar-refractivity contribution in [2.24, 2.45) is 0 Å². The van der Waals surface area contributed by atoms with Gasteiger partial charge in [-0.2, -0.15) is 0 Å². The lowest BCUT2D eigenvalue weighted by molar-refractivity contribution is 0.324. The third kappa shape index (κ3) is 3.19. The minimum absolute atomic E-state index is 0.108. The molecule has 0 saturated heterocycles. The summed E-state index contributed by atoms with van der Waals surface area (Å²) in [6.45, 7) is 6.63. The van der Waals surface area contributed by atoms with Crippen molar-refractivity contribution in [2.75, 3.05) is 21.3 Å². The summed E-state index contributed by atoms with van der Waals surface area (Å²) < 4.78 is 16.2. The molecule has 0 aliphatic rings. The number of ether oxygens (including phenoxy) is 3. The normalized spacial score (nSPS) is 11.2. The Labute approximate surface area is 132 Å². The molecule has 22 heavy (non-hydrogen) atoms. The van der Waals surface area contributed by atoms with E-state index < -0.39 is 0 Å². The van der Waals surface area contributed by atoms with Crippen LogP contribution in [0.3, 0.4) is 0 Å². The number of rotatable bonds is 4.